The van der Waals surface area contributed by atoms with Crippen molar-refractivity contribution in [3.63, 3.8) is 0 Å². The molecule has 1 aliphatic heterocycles. The molecular formula is C11H16N4. The van der Waals surface area contributed by atoms with Crippen molar-refractivity contribution in [1.82, 2.24) is 20.2 Å². The van der Waals surface area contributed by atoms with E-state index in [0.717, 1.165) is 32.0 Å². The summed E-state index contributed by atoms with van der Waals surface area (Å²) in [5.41, 5.74) is 0. The predicted molar refractivity (Wildman–Crippen MR) is 59.4 cm³/mol. The first-order valence-electron chi connectivity index (χ1n) is 5.26. The number of hydrogen-bond acceptors (Lipinski definition) is 4. The summed E-state index contributed by atoms with van der Waals surface area (Å²) < 4.78 is 0. The van der Waals surface area contributed by atoms with Gasteiger partial charge in [0.1, 0.15) is 5.82 Å². The smallest absolute Gasteiger partial charge is 0.149 e. The minimum Gasteiger partial charge on any atom is -0.314 e. The first-order chi connectivity index (χ1) is 7.42. The molecule has 1 saturated heterocycles. The Morgan fingerprint density at radius 1 is 1.33 bits per heavy atom. The lowest BCUT2D eigenvalue weighted by Crippen LogP contribution is -2.45. The second kappa shape index (κ2) is 5.00. The van der Waals surface area contributed by atoms with Crippen molar-refractivity contribution in [2.24, 2.45) is 0 Å². The molecule has 80 valence electrons. The quantitative estimate of drug-likeness (QED) is 0.732. The second-order valence-corrected chi connectivity index (χ2v) is 3.57. The molecule has 0 radical (unpaired) electrons. The molecule has 4 nitrogen and oxygen atoms in total. The average Bonchev–Trinajstić information content (AvgIpc) is 2.33. The van der Waals surface area contributed by atoms with Gasteiger partial charge in [0, 0.05) is 38.6 Å². The fraction of sp³-hybridized carbons (Fsp3) is 0.455. The summed E-state index contributed by atoms with van der Waals surface area (Å²) in [6, 6.07) is 1.98. The molecule has 1 fully saturated rings. The van der Waals surface area contributed by atoms with Crippen molar-refractivity contribution < 1.29 is 0 Å². The molecule has 1 unspecified atom stereocenters. The van der Waals surface area contributed by atoms with Crippen LogP contribution in [0.1, 0.15) is 11.9 Å². The van der Waals surface area contributed by atoms with Gasteiger partial charge in [-0.2, -0.15) is 0 Å². The molecular weight excluding hydrogens is 188 g/mol. The molecule has 1 aromatic rings. The van der Waals surface area contributed by atoms with E-state index >= 15 is 0 Å². The summed E-state index contributed by atoms with van der Waals surface area (Å²) in [7, 11) is 0. The van der Waals surface area contributed by atoms with Crippen LogP contribution in [0.4, 0.5) is 0 Å². The highest BCUT2D eigenvalue weighted by Gasteiger charge is 2.20. The molecule has 2 heterocycles. The summed E-state index contributed by atoms with van der Waals surface area (Å²) in [4.78, 5) is 10.9. The molecule has 1 aliphatic rings. The third kappa shape index (κ3) is 2.40. The molecule has 0 saturated carbocycles. The number of nitrogens with zero attached hydrogens (tertiary/aromatic N) is 3. The Kier molecular flexibility index (Phi) is 3.42. The van der Waals surface area contributed by atoms with Crippen LogP contribution in [-0.2, 0) is 0 Å². The van der Waals surface area contributed by atoms with E-state index in [1.54, 1.807) is 12.4 Å². The lowest BCUT2D eigenvalue weighted by Gasteiger charge is -2.32. The lowest BCUT2D eigenvalue weighted by molar-refractivity contribution is 0.197. The van der Waals surface area contributed by atoms with Gasteiger partial charge in [0.2, 0.25) is 0 Å². The molecule has 0 spiro atoms. The van der Waals surface area contributed by atoms with Gasteiger partial charge in [-0.05, 0) is 6.07 Å². The highest BCUT2D eigenvalue weighted by molar-refractivity contribution is 5.05. The summed E-state index contributed by atoms with van der Waals surface area (Å²) >= 11 is 0. The number of aromatic nitrogens is 2. The molecule has 0 bridgehead atoms. The van der Waals surface area contributed by atoms with E-state index in [4.69, 9.17) is 0 Å². The molecule has 1 aromatic heterocycles. The summed E-state index contributed by atoms with van der Waals surface area (Å²) in [5, 5.41) is 3.33. The lowest BCUT2D eigenvalue weighted by atomic mass is 10.2. The summed E-state index contributed by atoms with van der Waals surface area (Å²) in [5.74, 6) is 0.842. The Hall–Kier alpha value is -1.26. The zero-order valence-corrected chi connectivity index (χ0v) is 8.76. The molecule has 4 heteroatoms. The molecule has 0 amide bonds. The standard InChI is InChI=1S/C11H16N4/c1-2-10(11-13-4-3-5-14-11)15-8-6-12-7-9-15/h2-5,10,12H,1,6-9H2. The van der Waals surface area contributed by atoms with Crippen LogP contribution >= 0.6 is 0 Å². The van der Waals surface area contributed by atoms with E-state index in [0.29, 0.717) is 0 Å². The fourth-order valence-electron chi connectivity index (χ4n) is 1.84. The maximum Gasteiger partial charge on any atom is 0.149 e. The summed E-state index contributed by atoms with van der Waals surface area (Å²) in [6.07, 6.45) is 5.47. The van der Waals surface area contributed by atoms with Crippen LogP contribution in [0.3, 0.4) is 0 Å². The van der Waals surface area contributed by atoms with Crippen LogP contribution in [0.5, 0.6) is 0 Å². The van der Waals surface area contributed by atoms with Crippen molar-refractivity contribution in [2.75, 3.05) is 26.2 Å². The van der Waals surface area contributed by atoms with Crippen LogP contribution in [0.15, 0.2) is 31.1 Å². The van der Waals surface area contributed by atoms with Crippen LogP contribution in [-0.4, -0.2) is 41.0 Å². The number of rotatable bonds is 3. The predicted octanol–water partition coefficient (Wildman–Crippen LogP) is 0.609. The molecule has 2 rings (SSSR count). The van der Waals surface area contributed by atoms with Crippen LogP contribution < -0.4 is 5.32 Å². The van der Waals surface area contributed by atoms with E-state index in [-0.39, 0.29) is 6.04 Å². The average molecular weight is 204 g/mol. The van der Waals surface area contributed by atoms with Crippen LogP contribution in [0.2, 0.25) is 0 Å². The number of nitrogens with one attached hydrogen (secondary N) is 1. The van der Waals surface area contributed by atoms with E-state index in [2.05, 4.69) is 26.8 Å². The SMILES string of the molecule is C=CC(c1ncccn1)N1CCNCC1. The van der Waals surface area contributed by atoms with Gasteiger partial charge in [0.15, 0.2) is 0 Å². The molecule has 1 atom stereocenters. The van der Waals surface area contributed by atoms with E-state index in [1.807, 2.05) is 12.1 Å². The van der Waals surface area contributed by atoms with Crippen molar-refractivity contribution >= 4 is 0 Å². The Bertz CT molecular complexity index is 306. The first kappa shape index (κ1) is 10.3. The Balaban J connectivity index is 2.12. The maximum absolute atomic E-state index is 4.28. The zero-order chi connectivity index (χ0) is 10.5. The highest BCUT2D eigenvalue weighted by atomic mass is 15.2. The van der Waals surface area contributed by atoms with Gasteiger partial charge in [-0.25, -0.2) is 9.97 Å². The van der Waals surface area contributed by atoms with Gasteiger partial charge in [0.05, 0.1) is 6.04 Å². The Labute approximate surface area is 90.0 Å². The minimum atomic E-state index is 0.147. The number of hydrogen-bond donors (Lipinski definition) is 1. The monoisotopic (exact) mass is 204 g/mol. The number of piperazine rings is 1. The maximum atomic E-state index is 4.28. The first-order valence-corrected chi connectivity index (χ1v) is 5.26. The molecule has 15 heavy (non-hydrogen) atoms. The second-order valence-electron chi connectivity index (χ2n) is 3.57. The Morgan fingerprint density at radius 3 is 2.60 bits per heavy atom. The van der Waals surface area contributed by atoms with E-state index in [1.165, 1.54) is 0 Å². The third-order valence-electron chi connectivity index (χ3n) is 2.62. The van der Waals surface area contributed by atoms with Gasteiger partial charge >= 0.3 is 0 Å². The molecule has 0 aliphatic carbocycles. The fourth-order valence-corrected chi connectivity index (χ4v) is 1.84. The third-order valence-corrected chi connectivity index (χ3v) is 2.62. The van der Waals surface area contributed by atoms with Crippen molar-refractivity contribution in [2.45, 2.75) is 6.04 Å². The largest absolute Gasteiger partial charge is 0.314 e. The van der Waals surface area contributed by atoms with Crippen LogP contribution in [0, 0.1) is 0 Å². The molecule has 0 aromatic carbocycles. The van der Waals surface area contributed by atoms with Crippen molar-refractivity contribution in [1.29, 1.82) is 0 Å². The minimum absolute atomic E-state index is 0.147. The van der Waals surface area contributed by atoms with Gasteiger partial charge in [-0.3, -0.25) is 4.90 Å². The van der Waals surface area contributed by atoms with Crippen molar-refractivity contribution in [3.8, 4) is 0 Å². The van der Waals surface area contributed by atoms with E-state index < -0.39 is 0 Å². The van der Waals surface area contributed by atoms with Gasteiger partial charge in [0.25, 0.3) is 0 Å². The van der Waals surface area contributed by atoms with Gasteiger partial charge in [-0.1, -0.05) is 6.08 Å². The molecule has 1 N–H and O–H groups in total. The van der Waals surface area contributed by atoms with Crippen LogP contribution in [0.25, 0.3) is 0 Å². The van der Waals surface area contributed by atoms with E-state index in [9.17, 15) is 0 Å². The van der Waals surface area contributed by atoms with Crippen molar-refractivity contribution in [3.05, 3.63) is 36.9 Å². The Morgan fingerprint density at radius 2 is 2.00 bits per heavy atom. The van der Waals surface area contributed by atoms with Gasteiger partial charge in [-0.15, -0.1) is 6.58 Å². The topological polar surface area (TPSA) is 41.1 Å². The summed E-state index contributed by atoms with van der Waals surface area (Å²) in [6.45, 7) is 7.97. The zero-order valence-electron chi connectivity index (χ0n) is 8.76. The van der Waals surface area contributed by atoms with Gasteiger partial charge < -0.3 is 5.32 Å². The highest BCUT2D eigenvalue weighted by Crippen LogP contribution is 2.17. The normalized spacial score (nSPS) is 19.7.